The highest BCUT2D eigenvalue weighted by Crippen LogP contribution is 2.24. The van der Waals surface area contributed by atoms with E-state index in [-0.39, 0.29) is 11.8 Å². The van der Waals surface area contributed by atoms with Gasteiger partial charge in [-0.2, -0.15) is 0 Å². The average molecular weight is 213 g/mol. The van der Waals surface area contributed by atoms with E-state index in [1.54, 1.807) is 7.05 Å². The molecule has 0 aromatic heterocycles. The zero-order valence-electron chi connectivity index (χ0n) is 9.59. The zero-order valence-corrected chi connectivity index (χ0v) is 9.59. The SMILES string of the molecule is CNC(=O)C1CCCC(NCCCN)C1. The summed E-state index contributed by atoms with van der Waals surface area (Å²) in [4.78, 5) is 11.5. The van der Waals surface area contributed by atoms with Crippen molar-refractivity contribution in [1.29, 1.82) is 0 Å². The van der Waals surface area contributed by atoms with Gasteiger partial charge in [-0.25, -0.2) is 0 Å². The van der Waals surface area contributed by atoms with Crippen molar-refractivity contribution in [3.05, 3.63) is 0 Å². The number of hydrogen-bond acceptors (Lipinski definition) is 3. The summed E-state index contributed by atoms with van der Waals surface area (Å²) in [6, 6.07) is 0.507. The first kappa shape index (κ1) is 12.5. The van der Waals surface area contributed by atoms with Crippen LogP contribution in [0.4, 0.5) is 0 Å². The molecule has 1 aliphatic rings. The summed E-state index contributed by atoms with van der Waals surface area (Å²) in [5, 5.41) is 6.21. The molecule has 4 N–H and O–H groups in total. The van der Waals surface area contributed by atoms with Gasteiger partial charge in [-0.05, 0) is 38.8 Å². The van der Waals surface area contributed by atoms with E-state index in [0.29, 0.717) is 6.04 Å². The van der Waals surface area contributed by atoms with Gasteiger partial charge in [-0.15, -0.1) is 0 Å². The molecule has 4 nitrogen and oxygen atoms in total. The van der Waals surface area contributed by atoms with Gasteiger partial charge in [-0.3, -0.25) is 4.79 Å². The molecule has 1 rings (SSSR count). The quantitative estimate of drug-likeness (QED) is 0.573. The van der Waals surface area contributed by atoms with E-state index in [2.05, 4.69) is 10.6 Å². The average Bonchev–Trinajstić information content (AvgIpc) is 2.29. The fourth-order valence-corrected chi connectivity index (χ4v) is 2.23. The minimum absolute atomic E-state index is 0.195. The number of carbonyl (C=O) groups excluding carboxylic acids is 1. The predicted molar refractivity (Wildman–Crippen MR) is 61.5 cm³/mol. The van der Waals surface area contributed by atoms with Crippen LogP contribution in [0.3, 0.4) is 0 Å². The summed E-state index contributed by atoms with van der Waals surface area (Å²) >= 11 is 0. The molecular weight excluding hydrogens is 190 g/mol. The Balaban J connectivity index is 2.26. The van der Waals surface area contributed by atoms with E-state index < -0.39 is 0 Å². The van der Waals surface area contributed by atoms with Crippen molar-refractivity contribution in [1.82, 2.24) is 10.6 Å². The van der Waals surface area contributed by atoms with Crippen LogP contribution < -0.4 is 16.4 Å². The molecule has 1 fully saturated rings. The number of rotatable bonds is 5. The first-order valence-corrected chi connectivity index (χ1v) is 5.93. The second-order valence-corrected chi connectivity index (χ2v) is 4.27. The van der Waals surface area contributed by atoms with E-state index in [1.807, 2.05) is 0 Å². The molecule has 4 heteroatoms. The van der Waals surface area contributed by atoms with Gasteiger partial charge >= 0.3 is 0 Å². The molecule has 0 aliphatic heterocycles. The number of amides is 1. The van der Waals surface area contributed by atoms with Gasteiger partial charge in [0.25, 0.3) is 0 Å². The zero-order chi connectivity index (χ0) is 11.1. The third kappa shape index (κ3) is 4.18. The van der Waals surface area contributed by atoms with Crippen LogP contribution in [0.25, 0.3) is 0 Å². The maximum Gasteiger partial charge on any atom is 0.222 e. The van der Waals surface area contributed by atoms with Crippen molar-refractivity contribution >= 4 is 5.91 Å². The lowest BCUT2D eigenvalue weighted by atomic mass is 9.85. The van der Waals surface area contributed by atoms with E-state index in [0.717, 1.165) is 38.8 Å². The van der Waals surface area contributed by atoms with E-state index in [1.165, 1.54) is 6.42 Å². The summed E-state index contributed by atoms with van der Waals surface area (Å²) < 4.78 is 0. The van der Waals surface area contributed by atoms with Crippen LogP contribution >= 0.6 is 0 Å². The second-order valence-electron chi connectivity index (χ2n) is 4.27. The summed E-state index contributed by atoms with van der Waals surface area (Å²) in [6.45, 7) is 1.71. The lowest BCUT2D eigenvalue weighted by Gasteiger charge is -2.28. The summed E-state index contributed by atoms with van der Waals surface area (Å²) in [5.74, 6) is 0.402. The molecule has 1 aliphatic carbocycles. The normalized spacial score (nSPS) is 26.3. The van der Waals surface area contributed by atoms with Gasteiger partial charge in [0.2, 0.25) is 5.91 Å². The van der Waals surface area contributed by atoms with E-state index >= 15 is 0 Å². The Labute approximate surface area is 92.0 Å². The van der Waals surface area contributed by atoms with Crippen molar-refractivity contribution in [2.75, 3.05) is 20.1 Å². The van der Waals surface area contributed by atoms with Crippen LogP contribution in [0.15, 0.2) is 0 Å². The van der Waals surface area contributed by atoms with Crippen LogP contribution in [-0.2, 0) is 4.79 Å². The largest absolute Gasteiger partial charge is 0.359 e. The number of nitrogens with one attached hydrogen (secondary N) is 2. The molecule has 1 saturated carbocycles. The van der Waals surface area contributed by atoms with Crippen molar-refractivity contribution < 1.29 is 4.79 Å². The molecule has 0 spiro atoms. The molecule has 0 bridgehead atoms. The lowest BCUT2D eigenvalue weighted by Crippen LogP contribution is -2.39. The fourth-order valence-electron chi connectivity index (χ4n) is 2.23. The second kappa shape index (κ2) is 6.80. The first-order chi connectivity index (χ1) is 7.27. The third-order valence-corrected chi connectivity index (χ3v) is 3.11. The topological polar surface area (TPSA) is 67.2 Å². The van der Waals surface area contributed by atoms with Crippen molar-refractivity contribution in [2.24, 2.45) is 11.7 Å². The molecule has 2 unspecified atom stereocenters. The fraction of sp³-hybridized carbons (Fsp3) is 0.909. The van der Waals surface area contributed by atoms with Gasteiger partial charge in [0, 0.05) is 19.0 Å². The Kier molecular flexibility index (Phi) is 5.65. The standard InChI is InChI=1S/C11H23N3O/c1-13-11(15)9-4-2-5-10(8-9)14-7-3-6-12/h9-10,14H,2-8,12H2,1H3,(H,13,15). The van der Waals surface area contributed by atoms with Crippen LogP contribution in [-0.4, -0.2) is 32.1 Å². The molecule has 2 atom stereocenters. The molecule has 0 aromatic rings. The highest BCUT2D eigenvalue weighted by atomic mass is 16.1. The van der Waals surface area contributed by atoms with Gasteiger partial charge in [0.1, 0.15) is 0 Å². The minimum Gasteiger partial charge on any atom is -0.359 e. The summed E-state index contributed by atoms with van der Waals surface area (Å²) in [6.07, 6.45) is 5.37. The first-order valence-electron chi connectivity index (χ1n) is 5.93. The molecule has 0 heterocycles. The highest BCUT2D eigenvalue weighted by Gasteiger charge is 2.25. The lowest BCUT2D eigenvalue weighted by molar-refractivity contribution is -0.125. The number of nitrogens with two attached hydrogens (primary N) is 1. The summed E-state index contributed by atoms with van der Waals surface area (Å²) in [5.41, 5.74) is 5.44. The van der Waals surface area contributed by atoms with Crippen molar-refractivity contribution in [2.45, 2.75) is 38.1 Å². The Morgan fingerprint density at radius 1 is 1.47 bits per heavy atom. The molecular formula is C11H23N3O. The monoisotopic (exact) mass is 213 g/mol. The maximum absolute atomic E-state index is 11.5. The van der Waals surface area contributed by atoms with Gasteiger partial charge in [-0.1, -0.05) is 6.42 Å². The Morgan fingerprint density at radius 2 is 2.27 bits per heavy atom. The van der Waals surface area contributed by atoms with E-state index in [9.17, 15) is 4.79 Å². The molecule has 88 valence electrons. The Bertz CT molecular complexity index is 196. The summed E-state index contributed by atoms with van der Waals surface area (Å²) in [7, 11) is 1.72. The number of hydrogen-bond donors (Lipinski definition) is 3. The van der Waals surface area contributed by atoms with E-state index in [4.69, 9.17) is 5.73 Å². The Morgan fingerprint density at radius 3 is 2.93 bits per heavy atom. The molecule has 15 heavy (non-hydrogen) atoms. The van der Waals surface area contributed by atoms with Gasteiger partial charge < -0.3 is 16.4 Å². The van der Waals surface area contributed by atoms with Crippen LogP contribution in [0, 0.1) is 5.92 Å². The molecule has 0 radical (unpaired) electrons. The van der Waals surface area contributed by atoms with Crippen LogP contribution in [0.1, 0.15) is 32.1 Å². The highest BCUT2D eigenvalue weighted by molar-refractivity contribution is 5.78. The molecule has 1 amide bonds. The third-order valence-electron chi connectivity index (χ3n) is 3.11. The van der Waals surface area contributed by atoms with Crippen molar-refractivity contribution in [3.8, 4) is 0 Å². The predicted octanol–water partition coefficient (Wildman–Crippen LogP) is 0.230. The van der Waals surface area contributed by atoms with Gasteiger partial charge in [0.15, 0.2) is 0 Å². The van der Waals surface area contributed by atoms with Crippen molar-refractivity contribution in [3.63, 3.8) is 0 Å². The smallest absolute Gasteiger partial charge is 0.222 e. The van der Waals surface area contributed by atoms with Gasteiger partial charge in [0.05, 0.1) is 0 Å². The number of carbonyl (C=O) groups is 1. The Hall–Kier alpha value is -0.610. The van der Waals surface area contributed by atoms with Crippen LogP contribution in [0.2, 0.25) is 0 Å². The van der Waals surface area contributed by atoms with Crippen LogP contribution in [0.5, 0.6) is 0 Å². The maximum atomic E-state index is 11.5. The molecule has 0 aromatic carbocycles. The molecule has 0 saturated heterocycles. The minimum atomic E-state index is 0.195.